The number of rotatable bonds is 5. The number of urea groups is 1. The Morgan fingerprint density at radius 1 is 1.26 bits per heavy atom. The van der Waals surface area contributed by atoms with Gasteiger partial charge >= 0.3 is 6.03 Å². The molecule has 2 amide bonds. The van der Waals surface area contributed by atoms with Crippen LogP contribution in [0.5, 0.6) is 0 Å². The number of aromatic nitrogens is 2. The molecule has 1 atom stereocenters. The summed E-state index contributed by atoms with van der Waals surface area (Å²) in [4.78, 5) is 27.0. The number of carbonyl (C=O) groups is 1. The van der Waals surface area contributed by atoms with Crippen LogP contribution < -0.4 is 10.6 Å². The fourth-order valence-corrected chi connectivity index (χ4v) is 2.63. The second-order valence-electron chi connectivity index (χ2n) is 5.79. The molecule has 1 unspecified atom stereocenters. The molecule has 3 aromatic rings. The minimum Gasteiger partial charge on any atom is -0.336 e. The normalized spacial score (nSPS) is 11.6. The zero-order valence-electron chi connectivity index (χ0n) is 14.3. The fraction of sp³-hybridized carbons (Fsp3) is 0.111. The topological polar surface area (TPSA) is 102 Å². The summed E-state index contributed by atoms with van der Waals surface area (Å²) in [6.45, 7) is 0. The Morgan fingerprint density at radius 3 is 2.70 bits per heavy atom. The zero-order valence-corrected chi connectivity index (χ0v) is 14.3. The van der Waals surface area contributed by atoms with Gasteiger partial charge in [0.25, 0.3) is 5.69 Å². The number of nitro benzene ring substituents is 1. The molecule has 3 rings (SSSR count). The second-order valence-corrected chi connectivity index (χ2v) is 5.79. The summed E-state index contributed by atoms with van der Waals surface area (Å²) < 4.78 is 15.4. The first-order chi connectivity index (χ1) is 12.9. The van der Waals surface area contributed by atoms with Gasteiger partial charge in [-0.25, -0.2) is 14.2 Å². The maximum atomic E-state index is 13.7. The molecule has 9 heteroatoms. The molecule has 0 radical (unpaired) electrons. The third kappa shape index (κ3) is 4.27. The minimum atomic E-state index is -0.709. The molecule has 2 N–H and O–H groups in total. The number of hydrogen-bond donors (Lipinski definition) is 2. The lowest BCUT2D eigenvalue weighted by molar-refractivity contribution is -0.384. The Balaban J connectivity index is 1.84. The van der Waals surface area contributed by atoms with E-state index >= 15 is 0 Å². The monoisotopic (exact) mass is 369 g/mol. The van der Waals surface area contributed by atoms with Crippen LogP contribution in [0.4, 0.5) is 20.6 Å². The molecule has 1 heterocycles. The maximum absolute atomic E-state index is 13.7. The lowest BCUT2D eigenvalue weighted by Crippen LogP contribution is -2.34. The maximum Gasteiger partial charge on any atom is 0.320 e. The predicted octanol–water partition coefficient (Wildman–Crippen LogP) is 3.38. The predicted molar refractivity (Wildman–Crippen MR) is 96.7 cm³/mol. The van der Waals surface area contributed by atoms with Crippen LogP contribution in [-0.4, -0.2) is 20.5 Å². The number of imidazole rings is 1. The molecule has 0 aliphatic carbocycles. The molecule has 27 heavy (non-hydrogen) atoms. The second kappa shape index (κ2) is 7.65. The van der Waals surface area contributed by atoms with Gasteiger partial charge in [-0.3, -0.25) is 10.1 Å². The van der Waals surface area contributed by atoms with Crippen molar-refractivity contribution in [2.75, 3.05) is 5.32 Å². The molecule has 2 aromatic carbocycles. The summed E-state index contributed by atoms with van der Waals surface area (Å²) in [6.07, 6.45) is 3.28. The molecule has 0 bridgehead atoms. The smallest absolute Gasteiger partial charge is 0.320 e. The fourth-order valence-electron chi connectivity index (χ4n) is 2.63. The van der Waals surface area contributed by atoms with Crippen LogP contribution in [0.15, 0.2) is 60.9 Å². The number of aryl methyl sites for hydroxylation is 1. The first kappa shape index (κ1) is 18.1. The zero-order chi connectivity index (χ0) is 19.4. The van der Waals surface area contributed by atoms with Gasteiger partial charge in [0.1, 0.15) is 17.7 Å². The molecule has 138 valence electrons. The highest BCUT2D eigenvalue weighted by Crippen LogP contribution is 2.22. The van der Waals surface area contributed by atoms with Crippen LogP contribution in [-0.2, 0) is 7.05 Å². The summed E-state index contributed by atoms with van der Waals surface area (Å²) >= 11 is 0. The molecule has 1 aromatic heterocycles. The van der Waals surface area contributed by atoms with Crippen molar-refractivity contribution in [3.63, 3.8) is 0 Å². The van der Waals surface area contributed by atoms with E-state index < -0.39 is 22.8 Å². The van der Waals surface area contributed by atoms with Crippen LogP contribution in [0.25, 0.3) is 0 Å². The van der Waals surface area contributed by atoms with Crippen molar-refractivity contribution in [2.45, 2.75) is 6.04 Å². The molecular formula is C18H16FN5O3. The van der Waals surface area contributed by atoms with E-state index in [4.69, 9.17) is 0 Å². The lowest BCUT2D eigenvalue weighted by Gasteiger charge is -2.19. The molecule has 0 aliphatic heterocycles. The number of anilines is 1. The minimum absolute atomic E-state index is 0.140. The van der Waals surface area contributed by atoms with Crippen molar-refractivity contribution >= 4 is 17.4 Å². The van der Waals surface area contributed by atoms with E-state index in [1.807, 2.05) is 0 Å². The molecule has 0 aliphatic rings. The molecule has 0 saturated carbocycles. The van der Waals surface area contributed by atoms with Crippen molar-refractivity contribution < 1.29 is 14.1 Å². The Hall–Kier alpha value is -3.75. The number of benzene rings is 2. The standard InChI is InChI=1S/C18H16FN5O3/c1-23-9-8-20-17(23)16(12-4-2-5-13(19)10-12)22-18(25)21-14-6-3-7-15(11-14)24(26)27/h2-11,16H,1H3,(H2,21,22,25). The number of amides is 2. The summed E-state index contributed by atoms with van der Waals surface area (Å²) in [5.41, 5.74) is 0.636. The molecule has 0 fully saturated rings. The average molecular weight is 369 g/mol. The van der Waals surface area contributed by atoms with E-state index in [0.29, 0.717) is 11.4 Å². The first-order valence-electron chi connectivity index (χ1n) is 7.98. The number of hydrogen-bond acceptors (Lipinski definition) is 4. The summed E-state index contributed by atoms with van der Waals surface area (Å²) in [6, 6.07) is 10.1. The number of nitrogens with one attached hydrogen (secondary N) is 2. The van der Waals surface area contributed by atoms with Crippen molar-refractivity contribution in [1.82, 2.24) is 14.9 Å². The summed E-state index contributed by atoms with van der Waals surface area (Å²) in [5, 5.41) is 16.1. The largest absolute Gasteiger partial charge is 0.336 e. The number of halogens is 1. The highest BCUT2D eigenvalue weighted by Gasteiger charge is 2.21. The van der Waals surface area contributed by atoms with E-state index in [1.54, 1.807) is 36.1 Å². The third-order valence-electron chi connectivity index (χ3n) is 3.89. The quantitative estimate of drug-likeness (QED) is 0.532. The number of non-ortho nitro benzene ring substituents is 1. The van der Waals surface area contributed by atoms with E-state index in [-0.39, 0.29) is 11.4 Å². The van der Waals surface area contributed by atoms with Gasteiger partial charge in [0, 0.05) is 37.3 Å². The van der Waals surface area contributed by atoms with Gasteiger partial charge < -0.3 is 15.2 Å². The summed E-state index contributed by atoms with van der Waals surface area (Å²) in [7, 11) is 1.76. The van der Waals surface area contributed by atoms with Gasteiger partial charge in [0.05, 0.1) is 4.92 Å². The SMILES string of the molecule is Cn1ccnc1C(NC(=O)Nc1cccc([N+](=O)[O-])c1)c1cccc(F)c1. The van der Waals surface area contributed by atoms with Gasteiger partial charge in [-0.15, -0.1) is 0 Å². The molecule has 0 spiro atoms. The number of nitro groups is 1. The van der Waals surface area contributed by atoms with Crippen molar-refractivity contribution in [2.24, 2.45) is 7.05 Å². The molecule has 0 saturated heterocycles. The van der Waals surface area contributed by atoms with Crippen molar-refractivity contribution in [3.05, 3.63) is 88.2 Å². The van der Waals surface area contributed by atoms with E-state index in [1.165, 1.54) is 36.4 Å². The van der Waals surface area contributed by atoms with Crippen LogP contribution in [0.2, 0.25) is 0 Å². The third-order valence-corrected chi connectivity index (χ3v) is 3.89. The Bertz CT molecular complexity index is 988. The van der Waals surface area contributed by atoms with E-state index in [2.05, 4.69) is 15.6 Å². The highest BCUT2D eigenvalue weighted by atomic mass is 19.1. The summed E-state index contributed by atoms with van der Waals surface area (Å²) in [5.74, 6) is 0.0717. The average Bonchev–Trinajstić information content (AvgIpc) is 3.05. The number of carbonyl (C=O) groups excluding carboxylic acids is 1. The van der Waals surface area contributed by atoms with Crippen LogP contribution in [0.1, 0.15) is 17.4 Å². The molecule has 8 nitrogen and oxygen atoms in total. The van der Waals surface area contributed by atoms with Gasteiger partial charge in [-0.05, 0) is 23.8 Å². The van der Waals surface area contributed by atoms with E-state index in [0.717, 1.165) is 0 Å². The molecular weight excluding hydrogens is 353 g/mol. The van der Waals surface area contributed by atoms with E-state index in [9.17, 15) is 19.3 Å². The van der Waals surface area contributed by atoms with Crippen molar-refractivity contribution in [3.8, 4) is 0 Å². The Kier molecular flexibility index (Phi) is 5.11. The van der Waals surface area contributed by atoms with Crippen LogP contribution in [0, 0.1) is 15.9 Å². The van der Waals surface area contributed by atoms with Crippen LogP contribution >= 0.6 is 0 Å². The van der Waals surface area contributed by atoms with Gasteiger partial charge in [0.2, 0.25) is 0 Å². The lowest BCUT2D eigenvalue weighted by atomic mass is 10.1. The number of nitrogens with zero attached hydrogens (tertiary/aromatic N) is 3. The van der Waals surface area contributed by atoms with Gasteiger partial charge in [-0.2, -0.15) is 0 Å². The highest BCUT2D eigenvalue weighted by molar-refractivity contribution is 5.90. The Labute approximate surface area is 153 Å². The van der Waals surface area contributed by atoms with Gasteiger partial charge in [-0.1, -0.05) is 18.2 Å². The first-order valence-corrected chi connectivity index (χ1v) is 7.98. The van der Waals surface area contributed by atoms with Crippen molar-refractivity contribution in [1.29, 1.82) is 0 Å². The van der Waals surface area contributed by atoms with Crippen LogP contribution in [0.3, 0.4) is 0 Å². The van der Waals surface area contributed by atoms with Gasteiger partial charge in [0.15, 0.2) is 0 Å². The Morgan fingerprint density at radius 2 is 2.04 bits per heavy atom.